The molecule has 0 aliphatic rings. The molecule has 2 N–H and O–H groups in total. The smallest absolute Gasteiger partial charge is 0.272 e. The Morgan fingerprint density at radius 2 is 2.04 bits per heavy atom. The minimum absolute atomic E-state index is 0.108. The average molecular weight is 359 g/mol. The summed E-state index contributed by atoms with van der Waals surface area (Å²) in [6.45, 7) is 2.76. The second-order valence-corrected chi connectivity index (χ2v) is 6.87. The van der Waals surface area contributed by atoms with Gasteiger partial charge in [-0.15, -0.1) is 11.3 Å². The number of H-pyrrole nitrogens is 1. The van der Waals surface area contributed by atoms with Gasteiger partial charge in [0.05, 0.1) is 5.52 Å². The molecule has 2 heterocycles. The van der Waals surface area contributed by atoms with Gasteiger partial charge >= 0.3 is 0 Å². The molecule has 1 aromatic carbocycles. The monoisotopic (exact) mass is 359 g/mol. The van der Waals surface area contributed by atoms with Crippen LogP contribution in [0.5, 0.6) is 0 Å². The van der Waals surface area contributed by atoms with Crippen molar-refractivity contribution in [1.82, 2.24) is 14.9 Å². The molecule has 0 atom stereocenters. The van der Waals surface area contributed by atoms with E-state index in [-0.39, 0.29) is 24.4 Å². The molecule has 0 unspecified atom stereocenters. The molecule has 0 bridgehead atoms. The number of amides is 1. The number of aryl methyl sites for hydroxylation is 1. The molecule has 0 aliphatic carbocycles. The van der Waals surface area contributed by atoms with E-state index < -0.39 is 0 Å². The third-order valence-corrected chi connectivity index (χ3v) is 4.99. The highest BCUT2D eigenvalue weighted by Gasteiger charge is 2.09. The molecule has 0 saturated carbocycles. The second-order valence-electron chi connectivity index (χ2n) is 5.56. The van der Waals surface area contributed by atoms with Gasteiger partial charge in [-0.2, -0.15) is 0 Å². The summed E-state index contributed by atoms with van der Waals surface area (Å²) in [4.78, 5) is 27.4. The van der Waals surface area contributed by atoms with Crippen LogP contribution < -0.4 is 10.9 Å². The molecule has 124 valence electrons. The first kappa shape index (κ1) is 16.6. The maximum Gasteiger partial charge on any atom is 0.272 e. The van der Waals surface area contributed by atoms with E-state index in [2.05, 4.69) is 10.3 Å². The number of thiophene rings is 1. The Morgan fingerprint density at radius 1 is 1.29 bits per heavy atom. The van der Waals surface area contributed by atoms with Crippen LogP contribution in [0.3, 0.4) is 0 Å². The first-order valence-electron chi connectivity index (χ1n) is 7.57. The summed E-state index contributed by atoms with van der Waals surface area (Å²) in [6.07, 6.45) is 0.208. The van der Waals surface area contributed by atoms with Crippen molar-refractivity contribution in [2.75, 3.05) is 0 Å². The van der Waals surface area contributed by atoms with E-state index in [0.29, 0.717) is 16.0 Å². The lowest BCUT2D eigenvalue weighted by molar-refractivity contribution is -0.121. The van der Waals surface area contributed by atoms with Crippen LogP contribution in [0.2, 0.25) is 0 Å². The largest absolute Gasteiger partial charge is 0.352 e. The minimum Gasteiger partial charge on any atom is -0.352 e. The van der Waals surface area contributed by atoms with E-state index in [9.17, 15) is 9.59 Å². The number of carbonyl (C=O) groups is 1. The van der Waals surface area contributed by atoms with Gasteiger partial charge in [-0.1, -0.05) is 29.8 Å². The number of aromatic nitrogens is 2. The third kappa shape index (κ3) is 3.63. The van der Waals surface area contributed by atoms with Crippen LogP contribution in [0.1, 0.15) is 17.5 Å². The molecule has 2 aromatic heterocycles. The summed E-state index contributed by atoms with van der Waals surface area (Å²) >= 11 is 6.59. The van der Waals surface area contributed by atoms with E-state index in [1.54, 1.807) is 0 Å². The lowest BCUT2D eigenvalue weighted by Gasteiger charge is -2.08. The Kier molecular flexibility index (Phi) is 4.92. The zero-order valence-corrected chi connectivity index (χ0v) is 14.8. The van der Waals surface area contributed by atoms with E-state index >= 15 is 0 Å². The van der Waals surface area contributed by atoms with Crippen molar-refractivity contribution in [2.24, 2.45) is 0 Å². The van der Waals surface area contributed by atoms with Gasteiger partial charge in [0, 0.05) is 19.5 Å². The van der Waals surface area contributed by atoms with E-state index in [1.807, 2.05) is 42.6 Å². The van der Waals surface area contributed by atoms with Crippen molar-refractivity contribution >= 4 is 39.7 Å². The zero-order valence-electron chi connectivity index (χ0n) is 13.2. The van der Waals surface area contributed by atoms with Gasteiger partial charge in [0.1, 0.15) is 4.70 Å². The molecule has 0 fully saturated rings. The number of hydrogen-bond acceptors (Lipinski definition) is 4. The molecule has 0 spiro atoms. The third-order valence-electron chi connectivity index (χ3n) is 3.76. The molecular formula is C17H17N3O2S2. The fraction of sp³-hybridized carbons (Fsp3) is 0.235. The van der Waals surface area contributed by atoms with Crippen LogP contribution in [0, 0.1) is 11.7 Å². The zero-order chi connectivity index (χ0) is 17.1. The predicted molar refractivity (Wildman–Crippen MR) is 98.9 cm³/mol. The Hall–Kier alpha value is -2.25. The van der Waals surface area contributed by atoms with Gasteiger partial charge in [-0.3, -0.25) is 14.2 Å². The Balaban J connectivity index is 1.63. The number of nitrogens with one attached hydrogen (secondary N) is 2. The van der Waals surface area contributed by atoms with Crippen LogP contribution in [0.4, 0.5) is 0 Å². The predicted octanol–water partition coefficient (Wildman–Crippen LogP) is 3.14. The second kappa shape index (κ2) is 7.11. The maximum absolute atomic E-state index is 12.4. The molecule has 3 aromatic rings. The summed E-state index contributed by atoms with van der Waals surface area (Å²) < 4.78 is 2.42. The molecular weight excluding hydrogens is 342 g/mol. The number of carbonyl (C=O) groups excluding carboxylic acids is 1. The first-order chi connectivity index (χ1) is 11.5. The number of fused-ring (bicyclic) bond motifs is 1. The normalized spacial score (nSPS) is 10.9. The van der Waals surface area contributed by atoms with Gasteiger partial charge in [0.15, 0.2) is 4.77 Å². The van der Waals surface area contributed by atoms with Crippen LogP contribution >= 0.6 is 23.6 Å². The van der Waals surface area contributed by atoms with Crippen LogP contribution in [0.25, 0.3) is 10.2 Å². The van der Waals surface area contributed by atoms with Crippen molar-refractivity contribution in [3.8, 4) is 0 Å². The molecule has 5 nitrogen and oxygen atoms in total. The standard InChI is InChI=1S/C17H17N3O2S2/c1-11-2-4-12(5-3-11)10-18-14(21)6-8-20-16(22)15-13(7-9-24-15)19-17(20)23/h2-5,7,9H,6,8,10H2,1H3,(H,18,21)(H,19,23). The molecule has 3 rings (SSSR count). The number of rotatable bonds is 5. The quantitative estimate of drug-likeness (QED) is 0.688. The van der Waals surface area contributed by atoms with Crippen molar-refractivity contribution in [2.45, 2.75) is 26.4 Å². The highest BCUT2D eigenvalue weighted by molar-refractivity contribution is 7.71. The summed E-state index contributed by atoms with van der Waals surface area (Å²) in [5, 5.41) is 4.71. The van der Waals surface area contributed by atoms with Crippen molar-refractivity contribution in [3.63, 3.8) is 0 Å². The molecule has 24 heavy (non-hydrogen) atoms. The Labute approximate surface area is 148 Å². The fourth-order valence-electron chi connectivity index (χ4n) is 2.38. The van der Waals surface area contributed by atoms with E-state index in [1.165, 1.54) is 21.5 Å². The lowest BCUT2D eigenvalue weighted by Crippen LogP contribution is -2.27. The number of benzene rings is 1. The first-order valence-corrected chi connectivity index (χ1v) is 8.86. The average Bonchev–Trinajstić information content (AvgIpc) is 3.02. The molecule has 1 amide bonds. The Bertz CT molecular complexity index is 983. The molecule has 0 radical (unpaired) electrons. The van der Waals surface area contributed by atoms with Gasteiger partial charge < -0.3 is 10.3 Å². The highest BCUT2D eigenvalue weighted by atomic mass is 32.1. The topological polar surface area (TPSA) is 66.9 Å². The number of hydrogen-bond donors (Lipinski definition) is 2. The minimum atomic E-state index is -0.143. The summed E-state index contributed by atoms with van der Waals surface area (Å²) in [5.74, 6) is -0.108. The highest BCUT2D eigenvalue weighted by Crippen LogP contribution is 2.14. The van der Waals surface area contributed by atoms with Gasteiger partial charge in [-0.25, -0.2) is 0 Å². The van der Waals surface area contributed by atoms with Gasteiger partial charge in [0.25, 0.3) is 5.56 Å². The fourth-order valence-corrected chi connectivity index (χ4v) is 3.46. The van der Waals surface area contributed by atoms with Crippen molar-refractivity contribution < 1.29 is 4.79 Å². The summed E-state index contributed by atoms with van der Waals surface area (Å²) in [7, 11) is 0. The van der Waals surface area contributed by atoms with Gasteiger partial charge in [-0.05, 0) is 36.2 Å². The molecule has 0 aliphatic heterocycles. The summed E-state index contributed by atoms with van der Waals surface area (Å²) in [5.41, 5.74) is 2.83. The van der Waals surface area contributed by atoms with Crippen molar-refractivity contribution in [3.05, 3.63) is 62.0 Å². The Morgan fingerprint density at radius 3 is 2.79 bits per heavy atom. The number of aromatic amines is 1. The number of nitrogens with zero attached hydrogens (tertiary/aromatic N) is 1. The van der Waals surface area contributed by atoms with Crippen LogP contribution in [-0.4, -0.2) is 15.5 Å². The summed E-state index contributed by atoms with van der Waals surface area (Å²) in [6, 6.07) is 9.82. The van der Waals surface area contributed by atoms with Crippen molar-refractivity contribution in [1.29, 1.82) is 0 Å². The van der Waals surface area contributed by atoms with Gasteiger partial charge in [0.2, 0.25) is 5.91 Å². The maximum atomic E-state index is 12.4. The van der Waals surface area contributed by atoms with E-state index in [0.717, 1.165) is 11.1 Å². The molecule has 0 saturated heterocycles. The lowest BCUT2D eigenvalue weighted by atomic mass is 10.1. The van der Waals surface area contributed by atoms with Crippen LogP contribution in [0.15, 0.2) is 40.5 Å². The van der Waals surface area contributed by atoms with E-state index in [4.69, 9.17) is 12.2 Å². The SMILES string of the molecule is Cc1ccc(CNC(=O)CCn2c(=S)[nH]c3ccsc3c2=O)cc1. The van der Waals surface area contributed by atoms with Crippen LogP contribution in [-0.2, 0) is 17.9 Å². The molecule has 7 heteroatoms.